The Balaban J connectivity index is 1.60. The standard InChI is InChI=1S/C16H21NO/c1-2-12-10-17(8-7-16(12)18)11-14-9-13-5-3-4-6-15(13)14/h3-6,12,14H,2,7-11H2,1H3. The second kappa shape index (κ2) is 4.85. The minimum Gasteiger partial charge on any atom is -0.302 e. The van der Waals surface area contributed by atoms with E-state index in [2.05, 4.69) is 36.1 Å². The van der Waals surface area contributed by atoms with Crippen LogP contribution in [0.3, 0.4) is 0 Å². The Labute approximate surface area is 109 Å². The van der Waals surface area contributed by atoms with E-state index in [4.69, 9.17) is 0 Å². The first-order valence-corrected chi connectivity index (χ1v) is 7.10. The van der Waals surface area contributed by atoms with Gasteiger partial charge in [-0.15, -0.1) is 0 Å². The van der Waals surface area contributed by atoms with Gasteiger partial charge in [0, 0.05) is 37.9 Å². The van der Waals surface area contributed by atoms with Crippen molar-refractivity contribution in [1.82, 2.24) is 4.90 Å². The van der Waals surface area contributed by atoms with Crippen molar-refractivity contribution in [3.63, 3.8) is 0 Å². The van der Waals surface area contributed by atoms with Crippen LogP contribution in [0.1, 0.15) is 36.8 Å². The predicted molar refractivity (Wildman–Crippen MR) is 72.7 cm³/mol. The van der Waals surface area contributed by atoms with E-state index in [1.165, 1.54) is 17.5 Å². The summed E-state index contributed by atoms with van der Waals surface area (Å²) in [6.45, 7) is 5.22. The summed E-state index contributed by atoms with van der Waals surface area (Å²) >= 11 is 0. The van der Waals surface area contributed by atoms with Gasteiger partial charge in [0.15, 0.2) is 0 Å². The molecule has 2 heteroatoms. The molecule has 1 aliphatic carbocycles. The molecule has 2 nitrogen and oxygen atoms in total. The van der Waals surface area contributed by atoms with Crippen molar-refractivity contribution < 1.29 is 4.79 Å². The Kier molecular flexibility index (Phi) is 3.21. The zero-order valence-corrected chi connectivity index (χ0v) is 11.1. The molecule has 96 valence electrons. The van der Waals surface area contributed by atoms with E-state index in [0.717, 1.165) is 32.5 Å². The molecule has 2 aliphatic rings. The number of carbonyl (C=O) groups is 1. The number of nitrogens with zero attached hydrogens (tertiary/aromatic N) is 1. The summed E-state index contributed by atoms with van der Waals surface area (Å²) in [5.74, 6) is 1.46. The number of likely N-dealkylation sites (tertiary alicyclic amines) is 1. The number of fused-ring (bicyclic) bond motifs is 1. The van der Waals surface area contributed by atoms with E-state index in [1.807, 2.05) is 0 Å². The van der Waals surface area contributed by atoms with Crippen LogP contribution >= 0.6 is 0 Å². The van der Waals surface area contributed by atoms with Crippen molar-refractivity contribution in [3.8, 4) is 0 Å². The first kappa shape index (κ1) is 11.9. The fourth-order valence-electron chi connectivity index (χ4n) is 3.34. The third-order valence-electron chi connectivity index (χ3n) is 4.54. The second-order valence-corrected chi connectivity index (χ2v) is 5.68. The number of hydrogen-bond acceptors (Lipinski definition) is 2. The van der Waals surface area contributed by atoms with Gasteiger partial charge in [0.1, 0.15) is 5.78 Å². The summed E-state index contributed by atoms with van der Waals surface area (Å²) < 4.78 is 0. The van der Waals surface area contributed by atoms with Crippen LogP contribution in [0.15, 0.2) is 24.3 Å². The molecular weight excluding hydrogens is 222 g/mol. The fraction of sp³-hybridized carbons (Fsp3) is 0.562. The van der Waals surface area contributed by atoms with Gasteiger partial charge in [0.05, 0.1) is 0 Å². The molecule has 0 aromatic heterocycles. The molecule has 1 fully saturated rings. The van der Waals surface area contributed by atoms with Crippen molar-refractivity contribution in [2.75, 3.05) is 19.6 Å². The number of piperidine rings is 1. The number of rotatable bonds is 3. The maximum atomic E-state index is 11.7. The monoisotopic (exact) mass is 243 g/mol. The third kappa shape index (κ3) is 2.10. The van der Waals surface area contributed by atoms with Gasteiger partial charge in [0.25, 0.3) is 0 Å². The normalized spacial score (nSPS) is 27.7. The van der Waals surface area contributed by atoms with Gasteiger partial charge in [-0.2, -0.15) is 0 Å². The van der Waals surface area contributed by atoms with Gasteiger partial charge in [-0.25, -0.2) is 0 Å². The van der Waals surface area contributed by atoms with Crippen molar-refractivity contribution in [2.24, 2.45) is 5.92 Å². The largest absolute Gasteiger partial charge is 0.302 e. The first-order chi connectivity index (χ1) is 8.78. The van der Waals surface area contributed by atoms with Gasteiger partial charge >= 0.3 is 0 Å². The Bertz CT molecular complexity index is 454. The van der Waals surface area contributed by atoms with E-state index < -0.39 is 0 Å². The van der Waals surface area contributed by atoms with Crippen molar-refractivity contribution in [2.45, 2.75) is 32.1 Å². The predicted octanol–water partition coefficient (Wildman–Crippen LogP) is 2.63. The van der Waals surface area contributed by atoms with Crippen LogP contribution in [-0.2, 0) is 11.2 Å². The Hall–Kier alpha value is -1.15. The molecule has 1 heterocycles. The summed E-state index contributed by atoms with van der Waals surface area (Å²) in [5.41, 5.74) is 3.05. The summed E-state index contributed by atoms with van der Waals surface area (Å²) in [5, 5.41) is 0. The van der Waals surface area contributed by atoms with E-state index in [0.29, 0.717) is 11.7 Å². The van der Waals surface area contributed by atoms with Crippen molar-refractivity contribution >= 4 is 5.78 Å². The average Bonchev–Trinajstić information content (AvgIpc) is 2.38. The van der Waals surface area contributed by atoms with E-state index in [-0.39, 0.29) is 5.92 Å². The molecule has 0 spiro atoms. The van der Waals surface area contributed by atoms with Gasteiger partial charge in [-0.1, -0.05) is 31.2 Å². The number of ketones is 1. The average molecular weight is 243 g/mol. The lowest BCUT2D eigenvalue weighted by Gasteiger charge is -2.38. The molecule has 1 aliphatic heterocycles. The molecule has 1 aromatic carbocycles. The van der Waals surface area contributed by atoms with E-state index in [9.17, 15) is 4.79 Å². The SMILES string of the molecule is CCC1CN(CC2Cc3ccccc32)CCC1=O. The van der Waals surface area contributed by atoms with Gasteiger partial charge in [0.2, 0.25) is 0 Å². The lowest BCUT2D eigenvalue weighted by molar-refractivity contribution is -0.126. The minimum atomic E-state index is 0.286. The molecule has 0 amide bonds. The maximum Gasteiger partial charge on any atom is 0.138 e. The topological polar surface area (TPSA) is 20.3 Å². The Morgan fingerprint density at radius 2 is 2.11 bits per heavy atom. The number of carbonyl (C=O) groups excluding carboxylic acids is 1. The second-order valence-electron chi connectivity index (χ2n) is 5.68. The van der Waals surface area contributed by atoms with Gasteiger partial charge in [-0.3, -0.25) is 4.79 Å². The molecule has 2 unspecified atom stereocenters. The van der Waals surface area contributed by atoms with Crippen LogP contribution in [-0.4, -0.2) is 30.3 Å². The third-order valence-corrected chi connectivity index (χ3v) is 4.54. The highest BCUT2D eigenvalue weighted by molar-refractivity contribution is 5.82. The van der Waals surface area contributed by atoms with E-state index in [1.54, 1.807) is 0 Å². The highest BCUT2D eigenvalue weighted by Gasteiger charge is 2.31. The lowest BCUT2D eigenvalue weighted by atomic mass is 9.77. The highest BCUT2D eigenvalue weighted by Crippen LogP contribution is 2.35. The molecule has 0 saturated carbocycles. The fourth-order valence-corrected chi connectivity index (χ4v) is 3.34. The minimum absolute atomic E-state index is 0.286. The van der Waals surface area contributed by atoms with Crippen molar-refractivity contribution in [3.05, 3.63) is 35.4 Å². The van der Waals surface area contributed by atoms with Crippen molar-refractivity contribution in [1.29, 1.82) is 0 Å². The van der Waals surface area contributed by atoms with Crippen LogP contribution in [0.4, 0.5) is 0 Å². The zero-order valence-electron chi connectivity index (χ0n) is 11.1. The zero-order chi connectivity index (χ0) is 12.5. The number of hydrogen-bond donors (Lipinski definition) is 0. The highest BCUT2D eigenvalue weighted by atomic mass is 16.1. The molecular formula is C16H21NO. The molecule has 18 heavy (non-hydrogen) atoms. The summed E-state index contributed by atoms with van der Waals surface area (Å²) in [6, 6.07) is 8.76. The number of Topliss-reactive ketones (excluding diaryl/α,β-unsaturated/α-hetero) is 1. The Morgan fingerprint density at radius 1 is 1.28 bits per heavy atom. The molecule has 1 aromatic rings. The molecule has 3 rings (SSSR count). The van der Waals surface area contributed by atoms with Crippen LogP contribution in [0.5, 0.6) is 0 Å². The molecule has 1 saturated heterocycles. The maximum absolute atomic E-state index is 11.7. The van der Waals surface area contributed by atoms with Crippen LogP contribution < -0.4 is 0 Å². The van der Waals surface area contributed by atoms with Crippen LogP contribution in [0.25, 0.3) is 0 Å². The summed E-state index contributed by atoms with van der Waals surface area (Å²) in [4.78, 5) is 14.2. The quantitative estimate of drug-likeness (QED) is 0.813. The van der Waals surface area contributed by atoms with Gasteiger partial charge < -0.3 is 4.90 Å². The lowest BCUT2D eigenvalue weighted by Crippen LogP contribution is -2.43. The van der Waals surface area contributed by atoms with Gasteiger partial charge in [-0.05, 0) is 24.0 Å². The van der Waals surface area contributed by atoms with Crippen LogP contribution in [0, 0.1) is 5.92 Å². The summed E-state index contributed by atoms with van der Waals surface area (Å²) in [7, 11) is 0. The molecule has 0 bridgehead atoms. The van der Waals surface area contributed by atoms with E-state index >= 15 is 0 Å². The molecule has 0 radical (unpaired) electrons. The molecule has 2 atom stereocenters. The molecule has 0 N–H and O–H groups in total. The van der Waals surface area contributed by atoms with Crippen LogP contribution in [0.2, 0.25) is 0 Å². The number of benzene rings is 1. The summed E-state index contributed by atoms with van der Waals surface area (Å²) in [6.07, 6.45) is 2.97. The Morgan fingerprint density at radius 3 is 2.89 bits per heavy atom. The first-order valence-electron chi connectivity index (χ1n) is 7.10. The smallest absolute Gasteiger partial charge is 0.138 e.